The monoisotopic (exact) mass is 157 g/mol. The predicted octanol–water partition coefficient (Wildman–Crippen LogP) is 1.93. The highest BCUT2D eigenvalue weighted by molar-refractivity contribution is 5.77. The van der Waals surface area contributed by atoms with Gasteiger partial charge in [-0.25, -0.2) is 0 Å². The van der Waals surface area contributed by atoms with Gasteiger partial charge in [-0.1, -0.05) is 27.2 Å². The lowest BCUT2D eigenvalue weighted by atomic mass is 9.98. The Hall–Kier alpha value is -0.530. The van der Waals surface area contributed by atoms with E-state index < -0.39 is 0 Å². The number of rotatable bonds is 1. The lowest BCUT2D eigenvalue weighted by molar-refractivity contribution is -0.122. The summed E-state index contributed by atoms with van der Waals surface area (Å²) in [6, 6.07) is 0. The van der Waals surface area contributed by atoms with E-state index in [-0.39, 0.29) is 11.8 Å². The molecule has 2 unspecified atom stereocenters. The van der Waals surface area contributed by atoms with Gasteiger partial charge >= 0.3 is 0 Å². The molecule has 1 amide bonds. The van der Waals surface area contributed by atoms with Crippen molar-refractivity contribution >= 4 is 5.91 Å². The summed E-state index contributed by atoms with van der Waals surface area (Å²) in [4.78, 5) is 10.6. The average Bonchev–Trinajstić information content (AvgIpc) is 2.39. The Morgan fingerprint density at radius 2 is 1.91 bits per heavy atom. The highest BCUT2D eigenvalue weighted by Gasteiger charge is 2.27. The number of hydrogen-bond donors (Lipinski definition) is 1. The number of amides is 1. The van der Waals surface area contributed by atoms with Crippen molar-refractivity contribution in [1.29, 1.82) is 0 Å². The zero-order valence-electron chi connectivity index (χ0n) is 7.76. The first kappa shape index (κ1) is 10.5. The molecule has 0 aromatic heterocycles. The first-order valence-corrected chi connectivity index (χ1v) is 4.51. The Balaban J connectivity index is 0.000000461. The number of primary amides is 1. The standard InChI is InChI=1S/C7H13NO.C2H6/c1-5-3-2-4-6(5)7(8)9;1-2/h5-6H,2-4H2,1H3,(H2,8,9);1-2H3. The van der Waals surface area contributed by atoms with Gasteiger partial charge in [0, 0.05) is 5.92 Å². The molecule has 66 valence electrons. The minimum Gasteiger partial charge on any atom is -0.369 e. The molecule has 0 aromatic carbocycles. The summed E-state index contributed by atoms with van der Waals surface area (Å²) in [5.41, 5.74) is 5.15. The van der Waals surface area contributed by atoms with Crippen LogP contribution < -0.4 is 5.73 Å². The lowest BCUT2D eigenvalue weighted by Crippen LogP contribution is -2.24. The highest BCUT2D eigenvalue weighted by atomic mass is 16.1. The summed E-state index contributed by atoms with van der Waals surface area (Å²) >= 11 is 0. The minimum atomic E-state index is -0.111. The van der Waals surface area contributed by atoms with Crippen molar-refractivity contribution in [3.05, 3.63) is 0 Å². The third-order valence-electron chi connectivity index (χ3n) is 2.23. The third-order valence-corrected chi connectivity index (χ3v) is 2.23. The Kier molecular flexibility index (Phi) is 4.92. The molecule has 11 heavy (non-hydrogen) atoms. The van der Waals surface area contributed by atoms with E-state index in [0.717, 1.165) is 6.42 Å². The Morgan fingerprint density at radius 3 is 2.09 bits per heavy atom. The van der Waals surface area contributed by atoms with Gasteiger partial charge in [0.05, 0.1) is 0 Å². The first-order valence-electron chi connectivity index (χ1n) is 4.51. The van der Waals surface area contributed by atoms with Gasteiger partial charge in [-0.15, -0.1) is 0 Å². The zero-order chi connectivity index (χ0) is 8.85. The second kappa shape index (κ2) is 5.16. The number of nitrogens with two attached hydrogens (primary N) is 1. The Bertz CT molecular complexity index is 123. The maximum atomic E-state index is 10.6. The van der Waals surface area contributed by atoms with E-state index in [1.165, 1.54) is 12.8 Å². The summed E-state index contributed by atoms with van der Waals surface area (Å²) in [7, 11) is 0. The molecule has 1 rings (SSSR count). The van der Waals surface area contributed by atoms with Crippen LogP contribution in [0.15, 0.2) is 0 Å². The van der Waals surface area contributed by atoms with Gasteiger partial charge < -0.3 is 5.73 Å². The maximum Gasteiger partial charge on any atom is 0.220 e. The fourth-order valence-electron chi connectivity index (χ4n) is 1.57. The Morgan fingerprint density at radius 1 is 1.36 bits per heavy atom. The molecule has 2 N–H and O–H groups in total. The molecule has 1 saturated carbocycles. The van der Waals surface area contributed by atoms with Crippen LogP contribution in [0.25, 0.3) is 0 Å². The second-order valence-electron chi connectivity index (χ2n) is 2.92. The fraction of sp³-hybridized carbons (Fsp3) is 0.889. The van der Waals surface area contributed by atoms with Gasteiger partial charge in [-0.2, -0.15) is 0 Å². The predicted molar refractivity (Wildman–Crippen MR) is 47.0 cm³/mol. The van der Waals surface area contributed by atoms with E-state index in [4.69, 9.17) is 5.73 Å². The van der Waals surface area contributed by atoms with E-state index in [2.05, 4.69) is 6.92 Å². The van der Waals surface area contributed by atoms with Crippen molar-refractivity contribution in [1.82, 2.24) is 0 Å². The molecule has 0 spiro atoms. The van der Waals surface area contributed by atoms with Crippen LogP contribution in [0.2, 0.25) is 0 Å². The summed E-state index contributed by atoms with van der Waals surface area (Å²) in [6.45, 7) is 6.10. The minimum absolute atomic E-state index is 0.111. The van der Waals surface area contributed by atoms with Crippen molar-refractivity contribution in [2.24, 2.45) is 17.6 Å². The first-order chi connectivity index (χ1) is 5.22. The van der Waals surface area contributed by atoms with Crippen molar-refractivity contribution in [3.8, 4) is 0 Å². The topological polar surface area (TPSA) is 43.1 Å². The van der Waals surface area contributed by atoms with E-state index in [1.807, 2.05) is 13.8 Å². The molecular formula is C9H19NO. The molecule has 0 bridgehead atoms. The SMILES string of the molecule is CC.CC1CCCC1C(N)=O. The molecule has 2 atom stereocenters. The summed E-state index contributed by atoms with van der Waals surface area (Å²) in [5.74, 6) is 0.590. The molecule has 1 aliphatic rings. The zero-order valence-corrected chi connectivity index (χ0v) is 7.76. The highest BCUT2D eigenvalue weighted by Crippen LogP contribution is 2.30. The summed E-state index contributed by atoms with van der Waals surface area (Å²) < 4.78 is 0. The van der Waals surface area contributed by atoms with Crippen molar-refractivity contribution in [2.45, 2.75) is 40.0 Å². The van der Waals surface area contributed by atoms with Crippen LogP contribution in [0.5, 0.6) is 0 Å². The van der Waals surface area contributed by atoms with Crippen LogP contribution in [0.3, 0.4) is 0 Å². The number of carbonyl (C=O) groups excluding carboxylic acids is 1. The van der Waals surface area contributed by atoms with Crippen molar-refractivity contribution in [2.75, 3.05) is 0 Å². The molecule has 0 aromatic rings. The van der Waals surface area contributed by atoms with Crippen molar-refractivity contribution in [3.63, 3.8) is 0 Å². The van der Waals surface area contributed by atoms with Gasteiger partial charge in [0.25, 0.3) is 0 Å². The van der Waals surface area contributed by atoms with Crippen LogP contribution in [-0.2, 0) is 4.79 Å². The molecule has 0 radical (unpaired) electrons. The van der Waals surface area contributed by atoms with Crippen LogP contribution >= 0.6 is 0 Å². The molecule has 2 nitrogen and oxygen atoms in total. The smallest absolute Gasteiger partial charge is 0.220 e. The maximum absolute atomic E-state index is 10.6. The normalized spacial score (nSPS) is 29.0. The van der Waals surface area contributed by atoms with Crippen LogP contribution in [0, 0.1) is 11.8 Å². The summed E-state index contributed by atoms with van der Waals surface area (Å²) in [6.07, 6.45) is 3.36. The summed E-state index contributed by atoms with van der Waals surface area (Å²) in [5, 5.41) is 0. The molecule has 1 fully saturated rings. The van der Waals surface area contributed by atoms with E-state index >= 15 is 0 Å². The number of hydrogen-bond acceptors (Lipinski definition) is 1. The van der Waals surface area contributed by atoms with Gasteiger partial charge in [0.1, 0.15) is 0 Å². The molecule has 0 heterocycles. The molecule has 1 aliphatic carbocycles. The third kappa shape index (κ3) is 2.91. The van der Waals surface area contributed by atoms with Crippen LogP contribution in [-0.4, -0.2) is 5.91 Å². The van der Waals surface area contributed by atoms with Crippen LogP contribution in [0.4, 0.5) is 0 Å². The quantitative estimate of drug-likeness (QED) is 0.621. The Labute approximate surface area is 69.2 Å². The van der Waals surface area contributed by atoms with Crippen LogP contribution in [0.1, 0.15) is 40.0 Å². The largest absolute Gasteiger partial charge is 0.369 e. The van der Waals surface area contributed by atoms with Gasteiger partial charge in [0.15, 0.2) is 0 Å². The average molecular weight is 157 g/mol. The lowest BCUT2D eigenvalue weighted by Gasteiger charge is -2.08. The van der Waals surface area contributed by atoms with Crippen molar-refractivity contribution < 1.29 is 4.79 Å². The molecule has 0 saturated heterocycles. The number of carbonyl (C=O) groups is 1. The van der Waals surface area contributed by atoms with E-state index in [9.17, 15) is 4.79 Å². The van der Waals surface area contributed by atoms with E-state index in [1.54, 1.807) is 0 Å². The van der Waals surface area contributed by atoms with Gasteiger partial charge in [-0.3, -0.25) is 4.79 Å². The fourth-order valence-corrected chi connectivity index (χ4v) is 1.57. The molecule has 2 heteroatoms. The van der Waals surface area contributed by atoms with Gasteiger partial charge in [-0.05, 0) is 18.8 Å². The molecule has 0 aliphatic heterocycles. The second-order valence-corrected chi connectivity index (χ2v) is 2.92. The van der Waals surface area contributed by atoms with E-state index in [0.29, 0.717) is 5.92 Å². The van der Waals surface area contributed by atoms with Gasteiger partial charge in [0.2, 0.25) is 5.91 Å². The molecular weight excluding hydrogens is 138 g/mol.